The highest BCUT2D eigenvalue weighted by molar-refractivity contribution is 5.91. The number of benzene rings is 2. The Kier molecular flexibility index (Phi) is 5.24. The van der Waals surface area contributed by atoms with Gasteiger partial charge < -0.3 is 14.3 Å². The summed E-state index contributed by atoms with van der Waals surface area (Å²) >= 11 is 0. The van der Waals surface area contributed by atoms with Crippen LogP contribution in [0.25, 0.3) is 17.1 Å². The van der Waals surface area contributed by atoms with Crippen LogP contribution >= 0.6 is 0 Å². The second kappa shape index (κ2) is 8.14. The minimum absolute atomic E-state index is 0.265. The molecule has 5 nitrogen and oxygen atoms in total. The molecule has 0 aliphatic rings. The molecule has 0 unspecified atom stereocenters. The number of hydrogen-bond acceptors (Lipinski definition) is 3. The fourth-order valence-corrected chi connectivity index (χ4v) is 3.26. The number of aromatic nitrogens is 2. The summed E-state index contributed by atoms with van der Waals surface area (Å²) in [6, 6.07) is 17.5. The summed E-state index contributed by atoms with van der Waals surface area (Å²) in [5, 5.41) is 2.92. The molecule has 2 aromatic carbocycles. The van der Waals surface area contributed by atoms with Gasteiger partial charge in [0.05, 0.1) is 29.9 Å². The van der Waals surface area contributed by atoms with Gasteiger partial charge in [0.15, 0.2) is 0 Å². The zero-order chi connectivity index (χ0) is 20.2. The van der Waals surface area contributed by atoms with E-state index in [1.165, 1.54) is 12.1 Å². The number of nitrogens with zero attached hydrogens (tertiary/aromatic N) is 2. The van der Waals surface area contributed by atoms with Gasteiger partial charge in [0.1, 0.15) is 17.4 Å². The second-order valence-electron chi connectivity index (χ2n) is 6.72. The van der Waals surface area contributed by atoms with Gasteiger partial charge in [0.25, 0.3) is 0 Å². The van der Waals surface area contributed by atoms with Crippen LogP contribution in [-0.4, -0.2) is 15.5 Å². The topological polar surface area (TPSA) is 60.1 Å². The molecule has 2 heterocycles. The first-order chi connectivity index (χ1) is 14.1. The molecule has 29 heavy (non-hydrogen) atoms. The molecule has 4 aromatic rings. The quantitative estimate of drug-likeness (QED) is 0.486. The van der Waals surface area contributed by atoms with Crippen molar-refractivity contribution in [1.29, 1.82) is 0 Å². The highest BCUT2D eigenvalue weighted by atomic mass is 19.1. The van der Waals surface area contributed by atoms with Gasteiger partial charge in [-0.2, -0.15) is 0 Å². The number of imidazole rings is 1. The molecule has 0 spiro atoms. The lowest BCUT2D eigenvalue weighted by atomic mass is 10.2. The SMILES string of the molecule is C[C@@H](NC(=O)/C=C/c1ccco1)c1nc2ccccc2n1Cc1ccccc1F. The number of rotatable bonds is 6. The van der Waals surface area contributed by atoms with Crippen molar-refractivity contribution in [3.05, 3.63) is 96.0 Å². The summed E-state index contributed by atoms with van der Waals surface area (Å²) in [5.41, 5.74) is 2.25. The number of fused-ring (bicyclic) bond motifs is 1. The number of halogens is 1. The van der Waals surface area contributed by atoms with E-state index in [1.54, 1.807) is 36.6 Å². The van der Waals surface area contributed by atoms with E-state index in [4.69, 9.17) is 4.42 Å². The van der Waals surface area contributed by atoms with Gasteiger partial charge in [-0.15, -0.1) is 0 Å². The molecule has 0 fully saturated rings. The highest BCUT2D eigenvalue weighted by Gasteiger charge is 2.18. The number of hydrogen-bond donors (Lipinski definition) is 1. The van der Waals surface area contributed by atoms with E-state index in [-0.39, 0.29) is 17.8 Å². The molecule has 1 atom stereocenters. The largest absolute Gasteiger partial charge is 0.465 e. The van der Waals surface area contributed by atoms with Crippen molar-refractivity contribution >= 4 is 23.0 Å². The van der Waals surface area contributed by atoms with Crippen molar-refractivity contribution in [3.8, 4) is 0 Å². The molecule has 4 rings (SSSR count). The maximum atomic E-state index is 14.2. The van der Waals surface area contributed by atoms with Gasteiger partial charge in [0.2, 0.25) is 5.91 Å². The normalized spacial score (nSPS) is 12.5. The Labute approximate surface area is 167 Å². The third kappa shape index (κ3) is 4.11. The van der Waals surface area contributed by atoms with Gasteiger partial charge in [-0.1, -0.05) is 30.3 Å². The lowest BCUT2D eigenvalue weighted by Gasteiger charge is -2.16. The van der Waals surface area contributed by atoms with Crippen LogP contribution in [0.2, 0.25) is 0 Å². The van der Waals surface area contributed by atoms with Crippen molar-refractivity contribution < 1.29 is 13.6 Å². The van der Waals surface area contributed by atoms with Gasteiger partial charge in [-0.3, -0.25) is 4.79 Å². The standard InChI is InChI=1S/C23H20FN3O2/c1-16(25-22(28)13-12-18-8-6-14-29-18)23-26-20-10-4-5-11-21(20)27(23)15-17-7-2-3-9-19(17)24/h2-14,16H,15H2,1H3,(H,25,28)/b13-12+/t16-/m1/s1. The van der Waals surface area contributed by atoms with Crippen LogP contribution < -0.4 is 5.32 Å². The maximum absolute atomic E-state index is 14.2. The van der Waals surface area contributed by atoms with Gasteiger partial charge in [-0.25, -0.2) is 9.37 Å². The van der Waals surface area contributed by atoms with Crippen molar-refractivity contribution in [2.45, 2.75) is 19.5 Å². The molecular weight excluding hydrogens is 369 g/mol. The molecule has 0 saturated heterocycles. The van der Waals surface area contributed by atoms with Crippen LogP contribution in [0.5, 0.6) is 0 Å². The van der Waals surface area contributed by atoms with Gasteiger partial charge in [0, 0.05) is 11.6 Å². The summed E-state index contributed by atoms with van der Waals surface area (Å²) in [5.74, 6) is 0.724. The first kappa shape index (κ1) is 18.7. The third-order valence-electron chi connectivity index (χ3n) is 4.66. The summed E-state index contributed by atoms with van der Waals surface area (Å²) in [4.78, 5) is 17.0. The van der Waals surface area contributed by atoms with E-state index >= 15 is 0 Å². The third-order valence-corrected chi connectivity index (χ3v) is 4.66. The lowest BCUT2D eigenvalue weighted by molar-refractivity contribution is -0.117. The molecule has 0 radical (unpaired) electrons. The van der Waals surface area contributed by atoms with Crippen LogP contribution in [0.15, 0.2) is 77.4 Å². The first-order valence-electron chi connectivity index (χ1n) is 9.32. The second-order valence-corrected chi connectivity index (χ2v) is 6.72. The molecule has 6 heteroatoms. The van der Waals surface area contributed by atoms with Crippen LogP contribution in [0, 0.1) is 5.82 Å². The number of para-hydroxylation sites is 2. The number of furan rings is 1. The van der Waals surface area contributed by atoms with E-state index in [1.807, 2.05) is 41.8 Å². The summed E-state index contributed by atoms with van der Waals surface area (Å²) in [7, 11) is 0. The van der Waals surface area contributed by atoms with E-state index < -0.39 is 0 Å². The Morgan fingerprint density at radius 1 is 1.17 bits per heavy atom. The molecule has 0 aliphatic heterocycles. The first-order valence-corrected chi connectivity index (χ1v) is 9.32. The van der Waals surface area contributed by atoms with Gasteiger partial charge in [-0.05, 0) is 43.3 Å². The Morgan fingerprint density at radius 2 is 1.97 bits per heavy atom. The molecule has 146 valence electrons. The minimum Gasteiger partial charge on any atom is -0.465 e. The Hall–Kier alpha value is -3.67. The monoisotopic (exact) mass is 389 g/mol. The van der Waals surface area contributed by atoms with Crippen LogP contribution in [-0.2, 0) is 11.3 Å². The summed E-state index contributed by atoms with van der Waals surface area (Å²) in [6.07, 6.45) is 4.56. The van der Waals surface area contributed by atoms with Crippen LogP contribution in [0.1, 0.15) is 30.1 Å². The molecular formula is C23H20FN3O2. The fourth-order valence-electron chi connectivity index (χ4n) is 3.26. The van der Waals surface area contributed by atoms with Crippen molar-refractivity contribution in [1.82, 2.24) is 14.9 Å². The molecule has 1 amide bonds. The molecule has 0 saturated carbocycles. The smallest absolute Gasteiger partial charge is 0.244 e. The minimum atomic E-state index is -0.372. The Bertz CT molecular complexity index is 1160. The number of carbonyl (C=O) groups excluding carboxylic acids is 1. The fraction of sp³-hybridized carbons (Fsp3) is 0.130. The molecule has 0 bridgehead atoms. The average Bonchev–Trinajstić information content (AvgIpc) is 3.36. The van der Waals surface area contributed by atoms with Crippen molar-refractivity contribution in [2.24, 2.45) is 0 Å². The highest BCUT2D eigenvalue weighted by Crippen LogP contribution is 2.23. The molecule has 1 N–H and O–H groups in total. The van der Waals surface area contributed by atoms with Crippen LogP contribution in [0.3, 0.4) is 0 Å². The predicted molar refractivity (Wildman–Crippen MR) is 110 cm³/mol. The van der Waals surface area contributed by atoms with E-state index in [2.05, 4.69) is 10.3 Å². The zero-order valence-corrected chi connectivity index (χ0v) is 15.9. The lowest BCUT2D eigenvalue weighted by Crippen LogP contribution is -2.27. The van der Waals surface area contributed by atoms with Crippen molar-refractivity contribution in [2.75, 3.05) is 0 Å². The average molecular weight is 389 g/mol. The van der Waals surface area contributed by atoms with Crippen LogP contribution in [0.4, 0.5) is 4.39 Å². The molecule has 2 aromatic heterocycles. The van der Waals surface area contributed by atoms with Gasteiger partial charge >= 0.3 is 0 Å². The zero-order valence-electron chi connectivity index (χ0n) is 15.9. The Balaban J connectivity index is 1.62. The van der Waals surface area contributed by atoms with E-state index in [9.17, 15) is 9.18 Å². The van der Waals surface area contributed by atoms with E-state index in [0.29, 0.717) is 23.7 Å². The predicted octanol–water partition coefficient (Wildman–Crippen LogP) is 4.71. The van der Waals surface area contributed by atoms with Crippen molar-refractivity contribution in [3.63, 3.8) is 0 Å². The summed E-state index contributed by atoms with van der Waals surface area (Å²) < 4.78 is 21.4. The van der Waals surface area contributed by atoms with E-state index in [0.717, 1.165) is 11.0 Å². The number of nitrogens with one attached hydrogen (secondary N) is 1. The molecule has 0 aliphatic carbocycles. The Morgan fingerprint density at radius 3 is 2.76 bits per heavy atom. The maximum Gasteiger partial charge on any atom is 0.244 e. The summed E-state index contributed by atoms with van der Waals surface area (Å²) in [6.45, 7) is 2.18. The number of amides is 1. The number of carbonyl (C=O) groups is 1.